The molecule has 0 aliphatic heterocycles. The average molecular weight is 290 g/mol. The summed E-state index contributed by atoms with van der Waals surface area (Å²) in [6.45, 7) is 3.51. The number of aromatic amines is 1. The minimum atomic E-state index is -0.611. The molecule has 0 fully saturated rings. The molecule has 0 aliphatic carbocycles. The lowest BCUT2D eigenvalue weighted by Crippen LogP contribution is -2.15. The van der Waals surface area contributed by atoms with Crippen molar-refractivity contribution in [3.8, 4) is 0 Å². The molecule has 0 atom stereocenters. The van der Waals surface area contributed by atoms with Gasteiger partial charge in [-0.3, -0.25) is 4.79 Å². The largest absolute Gasteiger partial charge is 0.462 e. The number of benzene rings is 1. The summed E-state index contributed by atoms with van der Waals surface area (Å²) in [6.07, 6.45) is 1.59. The lowest BCUT2D eigenvalue weighted by molar-refractivity contribution is 0.0525. The number of aromatic nitrogens is 1. The molecule has 0 spiro atoms. The van der Waals surface area contributed by atoms with Crippen LogP contribution in [0.5, 0.6) is 0 Å². The molecule has 0 saturated carbocycles. The quantitative estimate of drug-likeness (QED) is 0.850. The van der Waals surface area contributed by atoms with Crippen LogP contribution >= 0.6 is 0 Å². The van der Waals surface area contributed by atoms with Crippen molar-refractivity contribution in [3.05, 3.63) is 53.1 Å². The van der Waals surface area contributed by atoms with E-state index >= 15 is 0 Å². The summed E-state index contributed by atoms with van der Waals surface area (Å²) < 4.78 is 18.8. The molecule has 2 N–H and O–H groups in total. The number of H-pyrrole nitrogens is 1. The van der Waals surface area contributed by atoms with Crippen LogP contribution in [0.1, 0.15) is 33.3 Å². The Morgan fingerprint density at radius 2 is 2.14 bits per heavy atom. The number of hydrogen-bond acceptors (Lipinski definition) is 3. The third kappa shape index (κ3) is 3.28. The Morgan fingerprint density at radius 1 is 1.38 bits per heavy atom. The van der Waals surface area contributed by atoms with Gasteiger partial charge in [0.1, 0.15) is 11.5 Å². The molecular weight excluding hydrogens is 275 g/mol. The maximum Gasteiger partial charge on any atom is 0.338 e. The maximum absolute atomic E-state index is 13.9. The van der Waals surface area contributed by atoms with Crippen LogP contribution in [-0.4, -0.2) is 23.5 Å². The van der Waals surface area contributed by atoms with Crippen LogP contribution < -0.4 is 5.32 Å². The van der Waals surface area contributed by atoms with E-state index in [1.807, 2.05) is 0 Å². The van der Waals surface area contributed by atoms with Crippen molar-refractivity contribution in [3.63, 3.8) is 0 Å². The second-order valence-corrected chi connectivity index (χ2v) is 4.41. The number of nitrogens with one attached hydrogen (secondary N) is 2. The second kappa shape index (κ2) is 6.21. The average Bonchev–Trinajstić information content (AvgIpc) is 2.96. The van der Waals surface area contributed by atoms with Crippen molar-refractivity contribution in [1.29, 1.82) is 0 Å². The van der Waals surface area contributed by atoms with Crippen molar-refractivity contribution >= 4 is 17.6 Å². The Balaban J connectivity index is 2.29. The zero-order valence-electron chi connectivity index (χ0n) is 11.7. The number of aryl methyl sites for hydroxylation is 1. The molecule has 0 radical (unpaired) electrons. The van der Waals surface area contributed by atoms with Crippen molar-refractivity contribution in [1.82, 2.24) is 4.98 Å². The molecule has 0 unspecified atom stereocenters. The first kappa shape index (κ1) is 14.8. The van der Waals surface area contributed by atoms with Gasteiger partial charge in [-0.1, -0.05) is 0 Å². The molecule has 1 amide bonds. The van der Waals surface area contributed by atoms with Gasteiger partial charge in [-0.2, -0.15) is 0 Å². The number of halogens is 1. The predicted molar refractivity (Wildman–Crippen MR) is 75.8 cm³/mol. The van der Waals surface area contributed by atoms with Crippen LogP contribution in [-0.2, 0) is 4.74 Å². The first-order valence-electron chi connectivity index (χ1n) is 6.45. The van der Waals surface area contributed by atoms with E-state index in [0.29, 0.717) is 11.3 Å². The fourth-order valence-corrected chi connectivity index (χ4v) is 1.86. The second-order valence-electron chi connectivity index (χ2n) is 4.41. The van der Waals surface area contributed by atoms with Crippen molar-refractivity contribution in [2.75, 3.05) is 11.9 Å². The summed E-state index contributed by atoms with van der Waals surface area (Å²) >= 11 is 0. The highest BCUT2D eigenvalue weighted by Crippen LogP contribution is 2.21. The number of hydrogen-bond donors (Lipinski definition) is 2. The van der Waals surface area contributed by atoms with Crippen LogP contribution in [0.4, 0.5) is 10.1 Å². The lowest BCUT2D eigenvalue weighted by Gasteiger charge is -2.10. The molecule has 110 valence electrons. The summed E-state index contributed by atoms with van der Waals surface area (Å²) in [5.74, 6) is -1.65. The van der Waals surface area contributed by atoms with Crippen LogP contribution in [0.2, 0.25) is 0 Å². The van der Waals surface area contributed by atoms with E-state index in [4.69, 9.17) is 4.74 Å². The first-order valence-corrected chi connectivity index (χ1v) is 6.45. The topological polar surface area (TPSA) is 71.2 Å². The standard InChI is InChI=1S/C15H15FN2O3/c1-3-21-15(20)10-8-13(11(16)7-9(10)2)18-14(19)12-5-4-6-17-12/h4-8,17H,3H2,1-2H3,(H,18,19). The molecule has 0 bridgehead atoms. The number of anilines is 1. The van der Waals surface area contributed by atoms with Gasteiger partial charge < -0.3 is 15.0 Å². The SMILES string of the molecule is CCOC(=O)c1cc(NC(=O)c2ccc[nH]2)c(F)cc1C. The monoisotopic (exact) mass is 290 g/mol. The summed E-state index contributed by atoms with van der Waals surface area (Å²) in [5, 5.41) is 2.42. The Labute approximate surface area is 121 Å². The van der Waals surface area contributed by atoms with E-state index in [1.165, 1.54) is 12.1 Å². The Bertz CT molecular complexity index is 666. The number of amides is 1. The van der Waals surface area contributed by atoms with E-state index in [-0.39, 0.29) is 17.9 Å². The maximum atomic E-state index is 13.9. The van der Waals surface area contributed by atoms with Gasteiger partial charge in [0.2, 0.25) is 0 Å². The van der Waals surface area contributed by atoms with Gasteiger partial charge in [0.15, 0.2) is 0 Å². The highest BCUT2D eigenvalue weighted by Gasteiger charge is 2.16. The molecule has 1 aromatic heterocycles. The number of rotatable bonds is 4. The number of ether oxygens (including phenoxy) is 1. The molecular formula is C15H15FN2O3. The third-order valence-electron chi connectivity index (χ3n) is 2.90. The molecule has 1 aromatic carbocycles. The van der Waals surface area contributed by atoms with E-state index < -0.39 is 17.7 Å². The van der Waals surface area contributed by atoms with Crippen molar-refractivity contribution in [2.45, 2.75) is 13.8 Å². The van der Waals surface area contributed by atoms with Crippen LogP contribution in [0.25, 0.3) is 0 Å². The predicted octanol–water partition coefficient (Wildman–Crippen LogP) is 2.89. The molecule has 2 rings (SSSR count). The van der Waals surface area contributed by atoms with Crippen LogP contribution in [0, 0.1) is 12.7 Å². The van der Waals surface area contributed by atoms with E-state index in [2.05, 4.69) is 10.3 Å². The molecule has 5 nitrogen and oxygen atoms in total. The zero-order valence-corrected chi connectivity index (χ0v) is 11.7. The Morgan fingerprint density at radius 3 is 2.76 bits per heavy atom. The van der Waals surface area contributed by atoms with Gasteiger partial charge >= 0.3 is 5.97 Å². The third-order valence-corrected chi connectivity index (χ3v) is 2.90. The van der Waals surface area contributed by atoms with Gasteiger partial charge in [0, 0.05) is 6.20 Å². The highest BCUT2D eigenvalue weighted by atomic mass is 19.1. The van der Waals surface area contributed by atoms with Crippen LogP contribution in [0.15, 0.2) is 30.5 Å². The lowest BCUT2D eigenvalue weighted by atomic mass is 10.1. The number of esters is 1. The van der Waals surface area contributed by atoms with Gasteiger partial charge in [-0.15, -0.1) is 0 Å². The Hall–Kier alpha value is -2.63. The van der Waals surface area contributed by atoms with Gasteiger partial charge in [-0.25, -0.2) is 9.18 Å². The minimum absolute atomic E-state index is 0.0664. The normalized spacial score (nSPS) is 10.2. The van der Waals surface area contributed by atoms with Crippen molar-refractivity contribution < 1.29 is 18.7 Å². The van der Waals surface area contributed by atoms with Gasteiger partial charge in [0.05, 0.1) is 17.9 Å². The van der Waals surface area contributed by atoms with Gasteiger partial charge in [0.25, 0.3) is 5.91 Å². The number of carbonyl (C=O) groups excluding carboxylic acids is 2. The van der Waals surface area contributed by atoms with E-state index in [9.17, 15) is 14.0 Å². The van der Waals surface area contributed by atoms with E-state index in [1.54, 1.807) is 32.2 Å². The molecule has 0 aliphatic rings. The summed E-state index contributed by atoms with van der Waals surface area (Å²) in [6, 6.07) is 5.69. The van der Waals surface area contributed by atoms with Crippen LogP contribution in [0.3, 0.4) is 0 Å². The molecule has 2 aromatic rings. The molecule has 21 heavy (non-hydrogen) atoms. The smallest absolute Gasteiger partial charge is 0.338 e. The first-order chi connectivity index (χ1) is 10.0. The summed E-state index contributed by atoms with van der Waals surface area (Å²) in [4.78, 5) is 26.4. The number of carbonyl (C=O) groups is 2. The van der Waals surface area contributed by atoms with Crippen molar-refractivity contribution in [2.24, 2.45) is 0 Å². The highest BCUT2D eigenvalue weighted by molar-refractivity contribution is 6.03. The van der Waals surface area contributed by atoms with E-state index in [0.717, 1.165) is 0 Å². The molecule has 6 heteroatoms. The van der Waals surface area contributed by atoms with Gasteiger partial charge in [-0.05, 0) is 43.7 Å². The summed E-state index contributed by atoms with van der Waals surface area (Å²) in [7, 11) is 0. The minimum Gasteiger partial charge on any atom is -0.462 e. The molecule has 0 saturated heterocycles. The summed E-state index contributed by atoms with van der Waals surface area (Å²) in [5.41, 5.74) is 0.903. The zero-order chi connectivity index (χ0) is 15.4. The molecule has 1 heterocycles. The fourth-order valence-electron chi connectivity index (χ4n) is 1.86. The Kier molecular flexibility index (Phi) is 4.37. The fraction of sp³-hybridized carbons (Fsp3) is 0.200.